The Balaban J connectivity index is 0.00000288. The van der Waals surface area contributed by atoms with Gasteiger partial charge in [0.25, 0.3) is 0 Å². The number of likely N-dealkylation sites (N-methyl/N-ethyl adjacent to an activating group) is 1. The lowest BCUT2D eigenvalue weighted by molar-refractivity contribution is 0.308. The highest BCUT2D eigenvalue weighted by Gasteiger charge is 2.43. The number of nitrogens with zero attached hydrogens (tertiary/aromatic N) is 2. The molecule has 0 saturated heterocycles. The van der Waals surface area contributed by atoms with Crippen LogP contribution >= 0.6 is 35.7 Å². The van der Waals surface area contributed by atoms with E-state index in [9.17, 15) is 0 Å². The SMILES string of the molecule is CCN(CC)CCNC(=NC)NCC1(Sc2ccccc2)CC1.I. The number of aliphatic imine (C=N–C) groups is 1. The normalized spacial score (nSPS) is 15.8. The summed E-state index contributed by atoms with van der Waals surface area (Å²) in [4.78, 5) is 8.11. The van der Waals surface area contributed by atoms with Gasteiger partial charge in [0, 0.05) is 36.3 Å². The van der Waals surface area contributed by atoms with Gasteiger partial charge in [-0.2, -0.15) is 0 Å². The van der Waals surface area contributed by atoms with E-state index in [1.807, 2.05) is 18.8 Å². The number of hydrogen-bond acceptors (Lipinski definition) is 3. The fourth-order valence-electron chi connectivity index (χ4n) is 2.53. The van der Waals surface area contributed by atoms with Crippen molar-refractivity contribution in [2.75, 3.05) is 39.8 Å². The van der Waals surface area contributed by atoms with E-state index in [1.165, 1.54) is 17.7 Å². The number of halogens is 1. The second-order valence-electron chi connectivity index (χ2n) is 5.98. The van der Waals surface area contributed by atoms with Gasteiger partial charge in [0.15, 0.2) is 5.96 Å². The smallest absolute Gasteiger partial charge is 0.191 e. The minimum absolute atomic E-state index is 0. The Morgan fingerprint density at radius 2 is 1.83 bits per heavy atom. The molecule has 1 aromatic rings. The van der Waals surface area contributed by atoms with Crippen LogP contribution in [-0.4, -0.2) is 55.4 Å². The molecular weight excluding hydrogens is 431 g/mol. The fraction of sp³-hybridized carbons (Fsp3) is 0.611. The minimum atomic E-state index is 0. The Labute approximate surface area is 168 Å². The molecule has 0 spiro atoms. The Morgan fingerprint density at radius 3 is 2.38 bits per heavy atom. The van der Waals surface area contributed by atoms with Crippen LogP contribution in [0, 0.1) is 0 Å². The Morgan fingerprint density at radius 1 is 1.17 bits per heavy atom. The van der Waals surface area contributed by atoms with Crippen molar-refractivity contribution in [1.29, 1.82) is 0 Å². The number of guanidine groups is 1. The minimum Gasteiger partial charge on any atom is -0.355 e. The summed E-state index contributed by atoms with van der Waals surface area (Å²) in [5.41, 5.74) is 0. The summed E-state index contributed by atoms with van der Waals surface area (Å²) in [5.74, 6) is 0.914. The summed E-state index contributed by atoms with van der Waals surface area (Å²) in [6.45, 7) is 9.56. The maximum atomic E-state index is 4.34. The van der Waals surface area contributed by atoms with Crippen LogP contribution in [0.5, 0.6) is 0 Å². The third-order valence-electron chi connectivity index (χ3n) is 4.30. The average Bonchev–Trinajstić information content (AvgIpc) is 3.35. The van der Waals surface area contributed by atoms with E-state index in [0.29, 0.717) is 4.75 Å². The lowest BCUT2D eigenvalue weighted by atomic mass is 10.4. The summed E-state index contributed by atoms with van der Waals surface area (Å²) >= 11 is 1.99. The van der Waals surface area contributed by atoms with Gasteiger partial charge in [-0.05, 0) is 38.1 Å². The molecule has 1 saturated carbocycles. The van der Waals surface area contributed by atoms with Crippen molar-refractivity contribution in [1.82, 2.24) is 15.5 Å². The predicted octanol–water partition coefficient (Wildman–Crippen LogP) is 3.44. The molecule has 1 fully saturated rings. The number of benzene rings is 1. The molecule has 0 radical (unpaired) electrons. The third kappa shape index (κ3) is 7.19. The van der Waals surface area contributed by atoms with Crippen LogP contribution in [0.1, 0.15) is 26.7 Å². The van der Waals surface area contributed by atoms with Gasteiger partial charge < -0.3 is 15.5 Å². The number of rotatable bonds is 9. The first-order valence-corrected chi connectivity index (χ1v) is 9.44. The zero-order valence-electron chi connectivity index (χ0n) is 15.0. The van der Waals surface area contributed by atoms with Crippen molar-refractivity contribution in [3.8, 4) is 0 Å². The summed E-state index contributed by atoms with van der Waals surface area (Å²) < 4.78 is 0.345. The van der Waals surface area contributed by atoms with Crippen LogP contribution in [0.4, 0.5) is 0 Å². The van der Waals surface area contributed by atoms with Crippen LogP contribution < -0.4 is 10.6 Å². The first kappa shape index (κ1) is 21.6. The Bertz CT molecular complexity index is 487. The number of hydrogen-bond donors (Lipinski definition) is 2. The molecule has 4 nitrogen and oxygen atoms in total. The summed E-state index contributed by atoms with van der Waals surface area (Å²) in [7, 11) is 1.84. The van der Waals surface area contributed by atoms with E-state index in [1.54, 1.807) is 0 Å². The van der Waals surface area contributed by atoms with Crippen LogP contribution in [0.15, 0.2) is 40.2 Å². The molecule has 2 rings (SSSR count). The van der Waals surface area contributed by atoms with Gasteiger partial charge in [-0.1, -0.05) is 32.0 Å². The summed E-state index contributed by atoms with van der Waals surface area (Å²) in [5, 5.41) is 6.92. The molecule has 0 bridgehead atoms. The number of nitrogens with one attached hydrogen (secondary N) is 2. The van der Waals surface area contributed by atoms with E-state index in [0.717, 1.165) is 38.7 Å². The van der Waals surface area contributed by atoms with E-state index < -0.39 is 0 Å². The summed E-state index contributed by atoms with van der Waals surface area (Å²) in [6, 6.07) is 10.7. The maximum absolute atomic E-state index is 4.34. The first-order chi connectivity index (χ1) is 11.2. The molecule has 24 heavy (non-hydrogen) atoms. The lowest BCUT2D eigenvalue weighted by Gasteiger charge is -2.21. The number of thioether (sulfide) groups is 1. The van der Waals surface area contributed by atoms with Gasteiger partial charge in [0.05, 0.1) is 0 Å². The van der Waals surface area contributed by atoms with E-state index in [4.69, 9.17) is 0 Å². The molecule has 6 heteroatoms. The molecular formula is C18H31IN4S. The van der Waals surface area contributed by atoms with Gasteiger partial charge in [0.1, 0.15) is 0 Å². The lowest BCUT2D eigenvalue weighted by Crippen LogP contribution is -2.44. The fourth-order valence-corrected chi connectivity index (χ4v) is 3.77. The average molecular weight is 462 g/mol. The monoisotopic (exact) mass is 462 g/mol. The highest BCUT2D eigenvalue weighted by molar-refractivity contribution is 14.0. The van der Waals surface area contributed by atoms with E-state index in [-0.39, 0.29) is 24.0 Å². The van der Waals surface area contributed by atoms with E-state index >= 15 is 0 Å². The molecule has 136 valence electrons. The molecule has 2 N–H and O–H groups in total. The zero-order valence-corrected chi connectivity index (χ0v) is 18.2. The van der Waals surface area contributed by atoms with Gasteiger partial charge in [-0.15, -0.1) is 35.7 Å². The van der Waals surface area contributed by atoms with Crippen molar-refractivity contribution in [2.24, 2.45) is 4.99 Å². The highest BCUT2D eigenvalue weighted by Crippen LogP contribution is 2.51. The molecule has 0 atom stereocenters. The van der Waals surface area contributed by atoms with Crippen LogP contribution in [0.2, 0.25) is 0 Å². The van der Waals surface area contributed by atoms with Crippen molar-refractivity contribution >= 4 is 41.7 Å². The largest absolute Gasteiger partial charge is 0.355 e. The maximum Gasteiger partial charge on any atom is 0.191 e. The molecule has 0 aromatic heterocycles. The van der Waals surface area contributed by atoms with Crippen LogP contribution in [0.25, 0.3) is 0 Å². The first-order valence-electron chi connectivity index (χ1n) is 8.62. The molecule has 0 heterocycles. The van der Waals surface area contributed by atoms with Gasteiger partial charge in [0.2, 0.25) is 0 Å². The third-order valence-corrected chi connectivity index (χ3v) is 5.80. The predicted molar refractivity (Wildman–Crippen MR) is 117 cm³/mol. The van der Waals surface area contributed by atoms with Gasteiger partial charge in [-0.3, -0.25) is 4.99 Å². The molecule has 0 aliphatic heterocycles. The zero-order chi connectivity index (χ0) is 16.5. The van der Waals surface area contributed by atoms with Crippen LogP contribution in [-0.2, 0) is 0 Å². The highest BCUT2D eigenvalue weighted by atomic mass is 127. The summed E-state index contributed by atoms with van der Waals surface area (Å²) in [6.07, 6.45) is 2.55. The van der Waals surface area contributed by atoms with Gasteiger partial charge in [-0.25, -0.2) is 0 Å². The van der Waals surface area contributed by atoms with Crippen molar-refractivity contribution in [3.05, 3.63) is 30.3 Å². The van der Waals surface area contributed by atoms with Crippen molar-refractivity contribution < 1.29 is 0 Å². The van der Waals surface area contributed by atoms with Crippen LogP contribution in [0.3, 0.4) is 0 Å². The quantitative estimate of drug-likeness (QED) is 0.335. The topological polar surface area (TPSA) is 39.7 Å². The van der Waals surface area contributed by atoms with Crippen molar-refractivity contribution in [2.45, 2.75) is 36.3 Å². The molecule has 1 aromatic carbocycles. The van der Waals surface area contributed by atoms with Gasteiger partial charge >= 0.3 is 0 Å². The Hall–Kier alpha value is -0.470. The molecule has 1 aliphatic rings. The van der Waals surface area contributed by atoms with E-state index in [2.05, 4.69) is 64.7 Å². The molecule has 0 unspecified atom stereocenters. The second kappa shape index (κ2) is 11.2. The van der Waals surface area contributed by atoms with Crippen molar-refractivity contribution in [3.63, 3.8) is 0 Å². The Kier molecular flexibility index (Phi) is 10.1. The molecule has 0 amide bonds. The standard InChI is InChI=1S/C18H30N4S.HI/c1-4-22(5-2)14-13-20-17(19-3)21-15-18(11-12-18)23-16-9-7-6-8-10-16;/h6-10H,4-5,11-15H2,1-3H3,(H2,19,20,21);1H. The molecule has 1 aliphatic carbocycles. The second-order valence-corrected chi connectivity index (χ2v) is 7.52.